The standard InChI is InChI=1S/C7H14N4O2S/c1-11-6(2-8)9-10-7(11)14-4-5(13)3-12/h5,12-13H,2-4,8H2,1H3. The quantitative estimate of drug-likeness (QED) is 0.533. The van der Waals surface area contributed by atoms with E-state index in [1.54, 1.807) is 4.57 Å². The molecule has 1 rings (SSSR count). The van der Waals surface area contributed by atoms with Crippen LogP contribution in [0.15, 0.2) is 5.16 Å². The van der Waals surface area contributed by atoms with E-state index in [0.717, 1.165) is 0 Å². The van der Waals surface area contributed by atoms with Crippen LogP contribution in [-0.2, 0) is 13.6 Å². The first kappa shape index (κ1) is 11.4. The average Bonchev–Trinajstić information content (AvgIpc) is 2.56. The lowest BCUT2D eigenvalue weighted by atomic mass is 10.4. The van der Waals surface area contributed by atoms with Crippen molar-refractivity contribution in [1.82, 2.24) is 14.8 Å². The van der Waals surface area contributed by atoms with Crippen molar-refractivity contribution in [3.05, 3.63) is 5.82 Å². The number of nitrogens with two attached hydrogens (primary N) is 1. The molecule has 0 saturated heterocycles. The van der Waals surface area contributed by atoms with Gasteiger partial charge >= 0.3 is 0 Å². The highest BCUT2D eigenvalue weighted by Crippen LogP contribution is 2.16. The molecule has 0 bridgehead atoms. The van der Waals surface area contributed by atoms with Crippen LogP contribution in [0.3, 0.4) is 0 Å². The van der Waals surface area contributed by atoms with Gasteiger partial charge in [-0.25, -0.2) is 0 Å². The molecule has 0 aliphatic rings. The average molecular weight is 218 g/mol. The Balaban J connectivity index is 2.54. The van der Waals surface area contributed by atoms with Gasteiger partial charge in [-0.15, -0.1) is 10.2 Å². The molecule has 14 heavy (non-hydrogen) atoms. The molecule has 0 fully saturated rings. The second-order valence-electron chi connectivity index (χ2n) is 2.81. The van der Waals surface area contributed by atoms with Gasteiger partial charge in [0, 0.05) is 12.8 Å². The third-order valence-electron chi connectivity index (χ3n) is 1.72. The molecule has 0 saturated carbocycles. The van der Waals surface area contributed by atoms with Gasteiger partial charge in [-0.1, -0.05) is 11.8 Å². The smallest absolute Gasteiger partial charge is 0.191 e. The maximum atomic E-state index is 9.12. The van der Waals surface area contributed by atoms with E-state index >= 15 is 0 Å². The highest BCUT2D eigenvalue weighted by Gasteiger charge is 2.09. The lowest BCUT2D eigenvalue weighted by Crippen LogP contribution is -2.15. The van der Waals surface area contributed by atoms with E-state index < -0.39 is 6.10 Å². The molecule has 0 aliphatic heterocycles. The van der Waals surface area contributed by atoms with Gasteiger partial charge in [0.2, 0.25) is 0 Å². The number of aliphatic hydroxyl groups is 2. The molecule has 0 spiro atoms. The molecule has 0 aliphatic carbocycles. The van der Waals surface area contributed by atoms with E-state index in [2.05, 4.69) is 10.2 Å². The van der Waals surface area contributed by atoms with Crippen molar-refractivity contribution in [3.63, 3.8) is 0 Å². The Hall–Kier alpha value is -0.630. The second-order valence-corrected chi connectivity index (χ2v) is 3.80. The monoisotopic (exact) mass is 218 g/mol. The van der Waals surface area contributed by atoms with E-state index in [9.17, 15) is 0 Å². The van der Waals surface area contributed by atoms with Gasteiger partial charge < -0.3 is 20.5 Å². The Labute approximate surface area is 86.1 Å². The largest absolute Gasteiger partial charge is 0.394 e. The molecule has 7 heteroatoms. The van der Waals surface area contributed by atoms with Crippen molar-refractivity contribution in [2.45, 2.75) is 17.8 Å². The fourth-order valence-corrected chi connectivity index (χ4v) is 1.72. The number of hydrogen-bond acceptors (Lipinski definition) is 6. The topological polar surface area (TPSA) is 97.2 Å². The van der Waals surface area contributed by atoms with Crippen molar-refractivity contribution >= 4 is 11.8 Å². The Kier molecular flexibility index (Phi) is 4.33. The summed E-state index contributed by atoms with van der Waals surface area (Å²) >= 11 is 1.34. The zero-order chi connectivity index (χ0) is 10.6. The normalized spacial score (nSPS) is 13.1. The molecular weight excluding hydrogens is 204 g/mol. The van der Waals surface area contributed by atoms with Crippen LogP contribution < -0.4 is 5.73 Å². The summed E-state index contributed by atoms with van der Waals surface area (Å²) in [7, 11) is 1.82. The van der Waals surface area contributed by atoms with Gasteiger partial charge in [-0.3, -0.25) is 0 Å². The minimum absolute atomic E-state index is 0.241. The second kappa shape index (κ2) is 5.30. The van der Waals surface area contributed by atoms with Crippen LogP contribution in [0.5, 0.6) is 0 Å². The van der Waals surface area contributed by atoms with Crippen molar-refractivity contribution < 1.29 is 10.2 Å². The van der Waals surface area contributed by atoms with Crippen LogP contribution in [-0.4, -0.2) is 43.4 Å². The molecule has 1 aromatic rings. The molecule has 6 nitrogen and oxygen atoms in total. The highest BCUT2D eigenvalue weighted by molar-refractivity contribution is 7.99. The number of thioether (sulfide) groups is 1. The van der Waals surface area contributed by atoms with Gasteiger partial charge in [-0.05, 0) is 0 Å². The van der Waals surface area contributed by atoms with E-state index in [1.165, 1.54) is 11.8 Å². The molecule has 0 amide bonds. The number of aromatic nitrogens is 3. The summed E-state index contributed by atoms with van der Waals surface area (Å²) < 4.78 is 1.77. The summed E-state index contributed by atoms with van der Waals surface area (Å²) in [5.74, 6) is 1.10. The molecule has 0 radical (unpaired) electrons. The Morgan fingerprint density at radius 1 is 1.57 bits per heavy atom. The lowest BCUT2D eigenvalue weighted by Gasteiger charge is -2.05. The van der Waals surface area contributed by atoms with Crippen molar-refractivity contribution in [2.75, 3.05) is 12.4 Å². The summed E-state index contributed by atoms with van der Waals surface area (Å²) in [5, 5.41) is 26.2. The molecule has 1 atom stereocenters. The number of aliphatic hydroxyl groups excluding tert-OH is 2. The van der Waals surface area contributed by atoms with E-state index in [4.69, 9.17) is 15.9 Å². The summed E-state index contributed by atoms with van der Waals surface area (Å²) in [6, 6.07) is 0. The van der Waals surface area contributed by atoms with E-state index in [-0.39, 0.29) is 6.61 Å². The lowest BCUT2D eigenvalue weighted by molar-refractivity contribution is 0.113. The molecule has 4 N–H and O–H groups in total. The van der Waals surface area contributed by atoms with Gasteiger partial charge in [0.1, 0.15) is 5.82 Å². The van der Waals surface area contributed by atoms with E-state index in [0.29, 0.717) is 23.3 Å². The number of hydrogen-bond donors (Lipinski definition) is 3. The first-order valence-electron chi connectivity index (χ1n) is 4.19. The molecular formula is C7H14N4O2S. The molecule has 0 aromatic carbocycles. The predicted molar refractivity (Wildman–Crippen MR) is 52.7 cm³/mol. The van der Waals surface area contributed by atoms with Gasteiger partial charge in [0.15, 0.2) is 5.16 Å². The van der Waals surface area contributed by atoms with Crippen molar-refractivity contribution in [3.8, 4) is 0 Å². The van der Waals surface area contributed by atoms with Crippen molar-refractivity contribution in [1.29, 1.82) is 0 Å². The predicted octanol–water partition coefficient (Wildman–Crippen LogP) is -1.28. The maximum Gasteiger partial charge on any atom is 0.191 e. The van der Waals surface area contributed by atoms with Crippen LogP contribution in [0.1, 0.15) is 5.82 Å². The van der Waals surface area contributed by atoms with Crippen molar-refractivity contribution in [2.24, 2.45) is 12.8 Å². The first-order valence-corrected chi connectivity index (χ1v) is 5.17. The third-order valence-corrected chi connectivity index (χ3v) is 2.89. The minimum Gasteiger partial charge on any atom is -0.394 e. The Morgan fingerprint density at radius 2 is 2.29 bits per heavy atom. The van der Waals surface area contributed by atoms with E-state index in [1.807, 2.05) is 7.05 Å². The number of nitrogens with zero attached hydrogens (tertiary/aromatic N) is 3. The molecule has 1 aromatic heterocycles. The van der Waals surface area contributed by atoms with Crippen LogP contribution in [0, 0.1) is 0 Å². The van der Waals surface area contributed by atoms with Crippen LogP contribution >= 0.6 is 11.8 Å². The SMILES string of the molecule is Cn1c(CN)nnc1SCC(O)CO. The third kappa shape index (κ3) is 2.68. The van der Waals surface area contributed by atoms with Gasteiger partial charge in [0.25, 0.3) is 0 Å². The van der Waals surface area contributed by atoms with Crippen LogP contribution in [0.25, 0.3) is 0 Å². The fraction of sp³-hybridized carbons (Fsp3) is 0.714. The summed E-state index contributed by atoms with van der Waals surface area (Å²) in [5.41, 5.74) is 5.42. The molecule has 1 heterocycles. The summed E-state index contributed by atoms with van der Waals surface area (Å²) in [4.78, 5) is 0. The zero-order valence-electron chi connectivity index (χ0n) is 7.92. The maximum absolute atomic E-state index is 9.12. The van der Waals surface area contributed by atoms with Crippen LogP contribution in [0.2, 0.25) is 0 Å². The fourth-order valence-electron chi connectivity index (χ4n) is 0.872. The molecule has 80 valence electrons. The first-order chi connectivity index (χ1) is 6.69. The number of rotatable bonds is 5. The zero-order valence-corrected chi connectivity index (χ0v) is 8.74. The van der Waals surface area contributed by atoms with Gasteiger partial charge in [0.05, 0.1) is 19.3 Å². The summed E-state index contributed by atoms with van der Waals surface area (Å²) in [6.07, 6.45) is -0.724. The minimum atomic E-state index is -0.724. The van der Waals surface area contributed by atoms with Crippen LogP contribution in [0.4, 0.5) is 0 Å². The molecule has 1 unspecified atom stereocenters. The highest BCUT2D eigenvalue weighted by atomic mass is 32.2. The Morgan fingerprint density at radius 3 is 2.79 bits per heavy atom. The van der Waals surface area contributed by atoms with Gasteiger partial charge in [-0.2, -0.15) is 0 Å². The Bertz CT molecular complexity index is 291. The summed E-state index contributed by atoms with van der Waals surface area (Å²) in [6.45, 7) is 0.0984.